The number of carboxylic acid groups (broad SMARTS) is 1. The summed E-state index contributed by atoms with van der Waals surface area (Å²) in [7, 11) is 0. The summed E-state index contributed by atoms with van der Waals surface area (Å²) in [6.45, 7) is 6.43. The highest BCUT2D eigenvalue weighted by Gasteiger charge is 2.23. The van der Waals surface area contributed by atoms with Crippen LogP contribution in [-0.4, -0.2) is 52.6 Å². The molecule has 2 atom stereocenters. The minimum absolute atomic E-state index is 0.116. The van der Waals surface area contributed by atoms with Gasteiger partial charge >= 0.3 is 12.0 Å². The lowest BCUT2D eigenvalue weighted by molar-refractivity contribution is -0.139. The summed E-state index contributed by atoms with van der Waals surface area (Å²) in [5.74, 6) is -0.259. The quantitative estimate of drug-likeness (QED) is 0.711. The number of rotatable bonds is 8. The fourth-order valence-electron chi connectivity index (χ4n) is 1.60. The van der Waals surface area contributed by atoms with Gasteiger partial charge in [-0.1, -0.05) is 6.92 Å². The number of carbonyl (C=O) groups excluding carboxylic acids is 1. The Morgan fingerprint density at radius 2 is 2.00 bits per heavy atom. The maximum Gasteiger partial charge on any atom is 0.326 e. The third-order valence-electron chi connectivity index (χ3n) is 2.93. The number of urea groups is 1. The van der Waals surface area contributed by atoms with E-state index in [9.17, 15) is 9.59 Å². The zero-order chi connectivity index (χ0) is 14.1. The predicted octanol–water partition coefficient (Wildman–Crippen LogP) is 2.02. The SMILES string of the molecule is CCC(C)N(CC)C(=O)N[C@@H](CCSC)C(=O)O. The largest absolute Gasteiger partial charge is 0.480 e. The number of thioether (sulfide) groups is 1. The van der Waals surface area contributed by atoms with Gasteiger partial charge in [0, 0.05) is 12.6 Å². The van der Waals surface area contributed by atoms with Crippen LogP contribution in [0.25, 0.3) is 0 Å². The van der Waals surface area contributed by atoms with Gasteiger partial charge in [0.05, 0.1) is 0 Å². The van der Waals surface area contributed by atoms with Crippen molar-refractivity contribution in [1.82, 2.24) is 10.2 Å². The standard InChI is InChI=1S/C12H24N2O3S/c1-5-9(3)14(6-2)12(17)13-10(11(15)16)7-8-18-4/h9-10H,5-8H2,1-4H3,(H,13,17)(H,15,16)/t9?,10-/m0/s1. The summed E-state index contributed by atoms with van der Waals surface area (Å²) in [4.78, 5) is 24.7. The van der Waals surface area contributed by atoms with Gasteiger partial charge in [0.25, 0.3) is 0 Å². The van der Waals surface area contributed by atoms with Gasteiger partial charge in [0.1, 0.15) is 6.04 Å². The first-order valence-corrected chi connectivity index (χ1v) is 7.66. The summed E-state index contributed by atoms with van der Waals surface area (Å²) in [5.41, 5.74) is 0. The van der Waals surface area contributed by atoms with Gasteiger partial charge in [-0.05, 0) is 38.7 Å². The molecule has 0 aliphatic rings. The van der Waals surface area contributed by atoms with E-state index in [1.54, 1.807) is 16.7 Å². The Morgan fingerprint density at radius 3 is 2.39 bits per heavy atom. The molecule has 2 N–H and O–H groups in total. The minimum Gasteiger partial charge on any atom is -0.480 e. The highest BCUT2D eigenvalue weighted by atomic mass is 32.2. The van der Waals surface area contributed by atoms with E-state index in [0.29, 0.717) is 18.7 Å². The predicted molar refractivity (Wildman–Crippen MR) is 75.1 cm³/mol. The van der Waals surface area contributed by atoms with Crippen LogP contribution in [0, 0.1) is 0 Å². The van der Waals surface area contributed by atoms with Crippen LogP contribution < -0.4 is 5.32 Å². The third-order valence-corrected chi connectivity index (χ3v) is 3.57. The van der Waals surface area contributed by atoms with Crippen LogP contribution in [0.2, 0.25) is 0 Å². The topological polar surface area (TPSA) is 69.6 Å². The summed E-state index contributed by atoms with van der Waals surface area (Å²) in [5, 5.41) is 11.6. The van der Waals surface area contributed by atoms with Crippen LogP contribution in [0.4, 0.5) is 4.79 Å². The fourth-order valence-corrected chi connectivity index (χ4v) is 2.07. The van der Waals surface area contributed by atoms with Crippen molar-refractivity contribution >= 4 is 23.8 Å². The van der Waals surface area contributed by atoms with Crippen molar-refractivity contribution in [3.63, 3.8) is 0 Å². The molecule has 5 nitrogen and oxygen atoms in total. The average molecular weight is 276 g/mol. The van der Waals surface area contributed by atoms with Crippen molar-refractivity contribution < 1.29 is 14.7 Å². The maximum atomic E-state index is 12.0. The van der Waals surface area contributed by atoms with E-state index in [1.807, 2.05) is 27.0 Å². The van der Waals surface area contributed by atoms with Crippen LogP contribution in [0.3, 0.4) is 0 Å². The van der Waals surface area contributed by atoms with Gasteiger partial charge in [0.15, 0.2) is 0 Å². The van der Waals surface area contributed by atoms with Gasteiger partial charge in [-0.3, -0.25) is 0 Å². The molecule has 6 heteroatoms. The molecule has 0 aliphatic carbocycles. The molecule has 0 saturated heterocycles. The van der Waals surface area contributed by atoms with E-state index in [4.69, 9.17) is 5.11 Å². The summed E-state index contributed by atoms with van der Waals surface area (Å²) >= 11 is 1.57. The number of hydrogen-bond donors (Lipinski definition) is 2. The molecule has 0 fully saturated rings. The van der Waals surface area contributed by atoms with E-state index in [1.165, 1.54) is 0 Å². The van der Waals surface area contributed by atoms with E-state index in [0.717, 1.165) is 6.42 Å². The molecule has 0 aromatic heterocycles. The molecular weight excluding hydrogens is 252 g/mol. The molecule has 0 saturated carbocycles. The second-order valence-electron chi connectivity index (χ2n) is 4.17. The van der Waals surface area contributed by atoms with Gasteiger partial charge in [-0.15, -0.1) is 0 Å². The van der Waals surface area contributed by atoms with E-state index in [-0.39, 0.29) is 12.1 Å². The second kappa shape index (κ2) is 9.08. The highest BCUT2D eigenvalue weighted by Crippen LogP contribution is 2.06. The van der Waals surface area contributed by atoms with Crippen LogP contribution in [0.1, 0.15) is 33.6 Å². The molecule has 1 unspecified atom stereocenters. The van der Waals surface area contributed by atoms with Crippen LogP contribution in [-0.2, 0) is 4.79 Å². The van der Waals surface area contributed by atoms with Gasteiger partial charge in [-0.2, -0.15) is 11.8 Å². The summed E-state index contributed by atoms with van der Waals surface area (Å²) in [6.07, 6.45) is 3.21. The molecule has 0 radical (unpaired) electrons. The average Bonchev–Trinajstić information content (AvgIpc) is 2.34. The van der Waals surface area contributed by atoms with E-state index >= 15 is 0 Å². The zero-order valence-corrected chi connectivity index (χ0v) is 12.4. The lowest BCUT2D eigenvalue weighted by atomic mass is 10.2. The first kappa shape index (κ1) is 17.1. The number of nitrogens with one attached hydrogen (secondary N) is 1. The van der Waals surface area contributed by atoms with Gasteiger partial charge in [0.2, 0.25) is 0 Å². The fraction of sp³-hybridized carbons (Fsp3) is 0.833. The van der Waals surface area contributed by atoms with Crippen molar-refractivity contribution in [2.45, 2.75) is 45.7 Å². The molecule has 2 amide bonds. The third kappa shape index (κ3) is 5.62. The van der Waals surface area contributed by atoms with Crippen LogP contribution in [0.15, 0.2) is 0 Å². The second-order valence-corrected chi connectivity index (χ2v) is 5.15. The molecule has 0 heterocycles. The molecular formula is C12H24N2O3S. The van der Waals surface area contributed by atoms with Crippen LogP contribution >= 0.6 is 11.8 Å². The van der Waals surface area contributed by atoms with Crippen molar-refractivity contribution in [3.05, 3.63) is 0 Å². The molecule has 106 valence electrons. The number of nitrogens with zero attached hydrogens (tertiary/aromatic N) is 1. The number of hydrogen-bond acceptors (Lipinski definition) is 3. The first-order chi connectivity index (χ1) is 8.47. The Morgan fingerprint density at radius 1 is 1.39 bits per heavy atom. The number of aliphatic carboxylic acids is 1. The molecule has 0 aromatic rings. The summed E-state index contributed by atoms with van der Waals surface area (Å²) in [6, 6.07) is -0.978. The van der Waals surface area contributed by atoms with Crippen molar-refractivity contribution in [2.75, 3.05) is 18.6 Å². The number of carbonyl (C=O) groups is 2. The van der Waals surface area contributed by atoms with Gasteiger partial charge in [-0.25, -0.2) is 9.59 Å². The normalized spacial score (nSPS) is 13.8. The maximum absolute atomic E-state index is 12.0. The van der Waals surface area contributed by atoms with E-state index < -0.39 is 12.0 Å². The Balaban J connectivity index is 4.51. The van der Waals surface area contributed by atoms with Crippen molar-refractivity contribution in [1.29, 1.82) is 0 Å². The highest BCUT2D eigenvalue weighted by molar-refractivity contribution is 7.98. The number of amides is 2. The van der Waals surface area contributed by atoms with Crippen LogP contribution in [0.5, 0.6) is 0 Å². The number of carboxylic acids is 1. The molecule has 0 rings (SSSR count). The van der Waals surface area contributed by atoms with Crippen molar-refractivity contribution in [3.8, 4) is 0 Å². The monoisotopic (exact) mass is 276 g/mol. The van der Waals surface area contributed by atoms with Gasteiger partial charge < -0.3 is 15.3 Å². The molecule has 0 aromatic carbocycles. The molecule has 0 spiro atoms. The smallest absolute Gasteiger partial charge is 0.326 e. The Bertz CT molecular complexity index is 274. The Kier molecular flexibility index (Phi) is 8.62. The lowest BCUT2D eigenvalue weighted by Gasteiger charge is -2.28. The Labute approximate surface area is 113 Å². The lowest BCUT2D eigenvalue weighted by Crippen LogP contribution is -2.50. The minimum atomic E-state index is -0.974. The Hall–Kier alpha value is -0.910. The van der Waals surface area contributed by atoms with E-state index in [2.05, 4.69) is 5.32 Å². The molecule has 0 aliphatic heterocycles. The first-order valence-electron chi connectivity index (χ1n) is 6.26. The summed E-state index contributed by atoms with van der Waals surface area (Å²) < 4.78 is 0. The van der Waals surface area contributed by atoms with Crippen molar-refractivity contribution in [2.24, 2.45) is 0 Å². The molecule has 0 bridgehead atoms. The zero-order valence-electron chi connectivity index (χ0n) is 11.6. The molecule has 18 heavy (non-hydrogen) atoms.